The van der Waals surface area contributed by atoms with Gasteiger partial charge in [0, 0.05) is 6.92 Å². The molecule has 2 aliphatic rings. The molecule has 0 radical (unpaired) electrons. The van der Waals surface area contributed by atoms with Gasteiger partial charge in [0.15, 0.2) is 6.29 Å². The highest BCUT2D eigenvalue weighted by atomic mass is 16.7. The first-order valence-corrected chi connectivity index (χ1v) is 5.50. The zero-order chi connectivity index (χ0) is 11.2. The van der Waals surface area contributed by atoms with Crippen LogP contribution in [0.2, 0.25) is 0 Å². The molecule has 0 aromatic heterocycles. The molecule has 15 heavy (non-hydrogen) atoms. The van der Waals surface area contributed by atoms with Gasteiger partial charge in [0.1, 0.15) is 0 Å². The van der Waals surface area contributed by atoms with Crippen LogP contribution in [0, 0.1) is 11.8 Å². The molecule has 2 rings (SSSR count). The van der Waals surface area contributed by atoms with Crippen molar-refractivity contribution >= 4 is 5.91 Å². The number of fused-ring (bicyclic) bond motifs is 2. The minimum absolute atomic E-state index is 0.0203. The minimum Gasteiger partial charge on any atom is -0.348 e. The summed E-state index contributed by atoms with van der Waals surface area (Å²) in [6, 6.07) is -0.0203. The lowest BCUT2D eigenvalue weighted by Crippen LogP contribution is -2.56. The average molecular weight is 213 g/mol. The fraction of sp³-hybridized carbons (Fsp3) is 0.909. The van der Waals surface area contributed by atoms with Crippen molar-refractivity contribution in [2.75, 3.05) is 6.61 Å². The SMILES string of the molecule is CC(=O)N[C@H]1[C@H]2OC[C@](C)(O2)[C@H](C)[C@@H]1C. The third kappa shape index (κ3) is 1.66. The normalized spacial score (nSPS) is 49.1. The average Bonchev–Trinajstić information content (AvgIpc) is 2.52. The zero-order valence-corrected chi connectivity index (χ0v) is 9.74. The molecule has 2 aliphatic heterocycles. The second-order valence-corrected chi connectivity index (χ2v) is 4.98. The predicted octanol–water partition coefficient (Wildman–Crippen LogP) is 0.908. The first kappa shape index (κ1) is 10.9. The van der Waals surface area contributed by atoms with E-state index in [1.165, 1.54) is 6.92 Å². The van der Waals surface area contributed by atoms with E-state index in [0.29, 0.717) is 18.4 Å². The maximum absolute atomic E-state index is 11.1. The quantitative estimate of drug-likeness (QED) is 0.704. The van der Waals surface area contributed by atoms with Crippen LogP contribution in [-0.4, -0.2) is 30.4 Å². The number of carbonyl (C=O) groups is 1. The van der Waals surface area contributed by atoms with Crippen LogP contribution in [0.25, 0.3) is 0 Å². The van der Waals surface area contributed by atoms with Gasteiger partial charge in [0.25, 0.3) is 0 Å². The van der Waals surface area contributed by atoms with Gasteiger partial charge in [0.05, 0.1) is 18.2 Å². The Kier molecular flexibility index (Phi) is 2.51. The summed E-state index contributed by atoms with van der Waals surface area (Å²) >= 11 is 0. The molecule has 1 amide bonds. The van der Waals surface area contributed by atoms with E-state index in [0.717, 1.165) is 0 Å². The van der Waals surface area contributed by atoms with Crippen LogP contribution >= 0.6 is 0 Å². The Hall–Kier alpha value is -0.610. The molecule has 0 aromatic carbocycles. The van der Waals surface area contributed by atoms with Crippen LogP contribution < -0.4 is 5.32 Å². The van der Waals surface area contributed by atoms with Crippen LogP contribution in [0.5, 0.6) is 0 Å². The Morgan fingerprint density at radius 1 is 1.47 bits per heavy atom. The van der Waals surface area contributed by atoms with Gasteiger partial charge in [-0.1, -0.05) is 13.8 Å². The molecule has 2 heterocycles. The van der Waals surface area contributed by atoms with E-state index in [1.807, 2.05) is 0 Å². The highest BCUT2D eigenvalue weighted by Gasteiger charge is 2.53. The summed E-state index contributed by atoms with van der Waals surface area (Å²) in [7, 11) is 0. The molecular formula is C11H19NO3. The Bertz CT molecular complexity index is 281. The number of nitrogens with one attached hydrogen (secondary N) is 1. The first-order chi connectivity index (χ1) is 6.94. The fourth-order valence-corrected chi connectivity index (χ4v) is 2.55. The minimum atomic E-state index is -0.273. The highest BCUT2D eigenvalue weighted by Crippen LogP contribution is 2.43. The summed E-state index contributed by atoms with van der Waals surface area (Å²) in [6.45, 7) is 8.54. The third-order valence-corrected chi connectivity index (χ3v) is 3.90. The summed E-state index contributed by atoms with van der Waals surface area (Å²) in [5.74, 6) is 0.731. The molecule has 0 unspecified atom stereocenters. The lowest BCUT2D eigenvalue weighted by Gasteiger charge is -2.43. The number of carbonyl (C=O) groups excluding carboxylic acids is 1. The molecule has 0 saturated carbocycles. The van der Waals surface area contributed by atoms with Crippen molar-refractivity contribution in [3.8, 4) is 0 Å². The van der Waals surface area contributed by atoms with Gasteiger partial charge < -0.3 is 14.8 Å². The predicted molar refractivity (Wildman–Crippen MR) is 55.2 cm³/mol. The van der Waals surface area contributed by atoms with E-state index in [2.05, 4.69) is 26.1 Å². The first-order valence-electron chi connectivity index (χ1n) is 5.50. The zero-order valence-electron chi connectivity index (χ0n) is 9.74. The highest BCUT2D eigenvalue weighted by molar-refractivity contribution is 5.73. The van der Waals surface area contributed by atoms with Crippen LogP contribution in [0.1, 0.15) is 27.7 Å². The van der Waals surface area contributed by atoms with Crippen molar-refractivity contribution in [2.24, 2.45) is 11.8 Å². The number of hydrogen-bond donors (Lipinski definition) is 1. The van der Waals surface area contributed by atoms with Gasteiger partial charge in [-0.3, -0.25) is 4.79 Å². The number of amides is 1. The maximum atomic E-state index is 11.1. The van der Waals surface area contributed by atoms with Crippen LogP contribution in [-0.2, 0) is 14.3 Å². The number of ether oxygens (including phenoxy) is 2. The van der Waals surface area contributed by atoms with Gasteiger partial charge >= 0.3 is 0 Å². The molecule has 5 atom stereocenters. The van der Waals surface area contributed by atoms with Gasteiger partial charge in [-0.25, -0.2) is 0 Å². The van der Waals surface area contributed by atoms with Crippen molar-refractivity contribution in [1.82, 2.24) is 5.32 Å². The molecule has 1 N–H and O–H groups in total. The van der Waals surface area contributed by atoms with Crippen molar-refractivity contribution in [1.29, 1.82) is 0 Å². The van der Waals surface area contributed by atoms with Gasteiger partial charge in [-0.15, -0.1) is 0 Å². The van der Waals surface area contributed by atoms with E-state index in [-0.39, 0.29) is 23.8 Å². The van der Waals surface area contributed by atoms with E-state index >= 15 is 0 Å². The summed E-state index contributed by atoms with van der Waals surface area (Å²) in [5.41, 5.74) is -0.181. The van der Waals surface area contributed by atoms with Crippen LogP contribution in [0.15, 0.2) is 0 Å². The lowest BCUT2D eigenvalue weighted by atomic mass is 9.76. The molecular weight excluding hydrogens is 194 g/mol. The van der Waals surface area contributed by atoms with Gasteiger partial charge in [0.2, 0.25) is 5.91 Å². The molecule has 2 fully saturated rings. The Morgan fingerprint density at radius 3 is 2.73 bits per heavy atom. The molecule has 2 saturated heterocycles. The summed E-state index contributed by atoms with van der Waals surface area (Å²) in [5, 5.41) is 2.92. The van der Waals surface area contributed by atoms with Crippen LogP contribution in [0.4, 0.5) is 0 Å². The number of hydrogen-bond acceptors (Lipinski definition) is 3. The molecule has 0 spiro atoms. The van der Waals surface area contributed by atoms with Crippen LogP contribution in [0.3, 0.4) is 0 Å². The van der Waals surface area contributed by atoms with E-state index in [4.69, 9.17) is 9.47 Å². The van der Waals surface area contributed by atoms with Gasteiger partial charge in [-0.05, 0) is 18.8 Å². The van der Waals surface area contributed by atoms with Crippen molar-refractivity contribution in [3.05, 3.63) is 0 Å². The van der Waals surface area contributed by atoms with E-state index < -0.39 is 0 Å². The standard InChI is InChI=1S/C11H19NO3/c1-6-7(2)11(4)5-14-10(15-11)9(6)12-8(3)13/h6-7,9-10H,5H2,1-4H3,(H,12,13)/t6-,7+,9+,10-,11-/m0/s1. The molecule has 4 nitrogen and oxygen atoms in total. The molecule has 86 valence electrons. The van der Waals surface area contributed by atoms with Crippen molar-refractivity contribution in [3.63, 3.8) is 0 Å². The summed E-state index contributed by atoms with van der Waals surface area (Å²) in [6.07, 6.45) is -0.273. The van der Waals surface area contributed by atoms with Crippen molar-refractivity contribution in [2.45, 2.75) is 45.6 Å². The van der Waals surface area contributed by atoms with Gasteiger partial charge in [-0.2, -0.15) is 0 Å². The summed E-state index contributed by atoms with van der Waals surface area (Å²) < 4.78 is 11.4. The molecule has 0 aliphatic carbocycles. The summed E-state index contributed by atoms with van der Waals surface area (Å²) in [4.78, 5) is 11.1. The van der Waals surface area contributed by atoms with Crippen molar-refractivity contribution < 1.29 is 14.3 Å². The second kappa shape index (κ2) is 3.46. The lowest BCUT2D eigenvalue weighted by molar-refractivity contribution is -0.174. The molecule has 0 aromatic rings. The Labute approximate surface area is 90.3 Å². The topological polar surface area (TPSA) is 47.6 Å². The Morgan fingerprint density at radius 2 is 2.13 bits per heavy atom. The Balaban J connectivity index is 2.17. The molecule has 4 heteroatoms. The monoisotopic (exact) mass is 213 g/mol. The smallest absolute Gasteiger partial charge is 0.217 e. The largest absolute Gasteiger partial charge is 0.348 e. The van der Waals surface area contributed by atoms with E-state index in [1.54, 1.807) is 0 Å². The molecule has 2 bridgehead atoms. The number of rotatable bonds is 1. The third-order valence-electron chi connectivity index (χ3n) is 3.90. The fourth-order valence-electron chi connectivity index (χ4n) is 2.55. The maximum Gasteiger partial charge on any atom is 0.217 e. The van der Waals surface area contributed by atoms with E-state index in [9.17, 15) is 4.79 Å². The second-order valence-electron chi connectivity index (χ2n) is 4.98.